The number of benzene rings is 2. The second-order valence-electron chi connectivity index (χ2n) is 5.44. The fourth-order valence-electron chi connectivity index (χ4n) is 2.23. The van der Waals surface area contributed by atoms with Crippen molar-refractivity contribution >= 4 is 22.6 Å². The number of alkyl halides is 3. The number of rotatable bonds is 4. The van der Waals surface area contributed by atoms with Gasteiger partial charge in [0.2, 0.25) is 0 Å². The van der Waals surface area contributed by atoms with E-state index in [1.807, 2.05) is 6.07 Å². The van der Waals surface area contributed by atoms with E-state index in [0.29, 0.717) is 16.3 Å². The minimum Gasteiger partial charge on any atom is -0.360 e. The predicted octanol–water partition coefficient (Wildman–Crippen LogP) is 5.94. The number of allylic oxidation sites excluding steroid dienone is 1. The number of nitriles is 1. The fraction of sp³-hybridized carbons (Fsp3) is 0.0526. The van der Waals surface area contributed by atoms with E-state index in [1.54, 1.807) is 17.5 Å². The summed E-state index contributed by atoms with van der Waals surface area (Å²) in [4.78, 5) is 4.34. The van der Waals surface area contributed by atoms with E-state index in [-0.39, 0.29) is 17.1 Å². The van der Waals surface area contributed by atoms with Crippen LogP contribution in [0.1, 0.15) is 10.6 Å². The van der Waals surface area contributed by atoms with Crippen LogP contribution in [0.4, 0.5) is 23.2 Å². The molecule has 0 saturated heterocycles. The Kier molecular flexibility index (Phi) is 5.23. The zero-order valence-electron chi connectivity index (χ0n) is 13.6. The molecule has 0 saturated carbocycles. The summed E-state index contributed by atoms with van der Waals surface area (Å²) in [5, 5.41) is 14.2. The average Bonchev–Trinajstić information content (AvgIpc) is 3.12. The van der Waals surface area contributed by atoms with Crippen molar-refractivity contribution in [3.8, 4) is 17.3 Å². The highest BCUT2D eigenvalue weighted by molar-refractivity contribution is 7.11. The van der Waals surface area contributed by atoms with Crippen molar-refractivity contribution in [2.45, 2.75) is 6.18 Å². The summed E-state index contributed by atoms with van der Waals surface area (Å²) in [5.74, 6) is -0.364. The predicted molar refractivity (Wildman–Crippen MR) is 96.2 cm³/mol. The maximum Gasteiger partial charge on any atom is 0.416 e. The zero-order valence-corrected chi connectivity index (χ0v) is 14.4. The summed E-state index contributed by atoms with van der Waals surface area (Å²) in [6, 6.07) is 12.4. The molecule has 0 fully saturated rings. The molecule has 0 aliphatic heterocycles. The van der Waals surface area contributed by atoms with Gasteiger partial charge in [-0.05, 0) is 42.5 Å². The normalized spacial score (nSPS) is 11.9. The molecule has 1 aromatic heterocycles. The van der Waals surface area contributed by atoms with Crippen LogP contribution in [0, 0.1) is 17.1 Å². The van der Waals surface area contributed by atoms with Gasteiger partial charge in [-0.2, -0.15) is 18.4 Å². The summed E-state index contributed by atoms with van der Waals surface area (Å²) in [7, 11) is 0. The molecule has 1 heterocycles. The van der Waals surface area contributed by atoms with Gasteiger partial charge in [0.1, 0.15) is 22.5 Å². The first-order chi connectivity index (χ1) is 12.9. The van der Waals surface area contributed by atoms with Gasteiger partial charge in [0.15, 0.2) is 0 Å². The molecule has 0 unspecified atom stereocenters. The fourth-order valence-corrected chi connectivity index (χ4v) is 3.03. The van der Waals surface area contributed by atoms with Gasteiger partial charge >= 0.3 is 6.18 Å². The van der Waals surface area contributed by atoms with Crippen molar-refractivity contribution in [2.75, 3.05) is 5.32 Å². The zero-order chi connectivity index (χ0) is 19.4. The maximum absolute atomic E-state index is 13.0. The minimum absolute atomic E-state index is 0.172. The van der Waals surface area contributed by atoms with Gasteiger partial charge in [-0.15, -0.1) is 11.3 Å². The SMILES string of the molecule is N#C/C(=C/Nc1cccc(C(F)(F)F)c1)c1nc(-c2ccc(F)cc2)cs1. The average molecular weight is 389 g/mol. The Morgan fingerprint density at radius 2 is 1.89 bits per heavy atom. The number of nitrogens with zero attached hydrogens (tertiary/aromatic N) is 2. The number of halogens is 4. The van der Waals surface area contributed by atoms with Gasteiger partial charge < -0.3 is 5.32 Å². The highest BCUT2D eigenvalue weighted by Crippen LogP contribution is 2.31. The van der Waals surface area contributed by atoms with Crippen molar-refractivity contribution in [3.63, 3.8) is 0 Å². The van der Waals surface area contributed by atoms with E-state index >= 15 is 0 Å². The van der Waals surface area contributed by atoms with Crippen molar-refractivity contribution in [1.82, 2.24) is 4.98 Å². The van der Waals surface area contributed by atoms with Gasteiger partial charge in [-0.1, -0.05) is 6.07 Å². The lowest BCUT2D eigenvalue weighted by molar-refractivity contribution is -0.137. The van der Waals surface area contributed by atoms with Gasteiger partial charge in [-0.25, -0.2) is 9.37 Å². The number of nitrogens with one attached hydrogen (secondary N) is 1. The number of hydrogen-bond donors (Lipinski definition) is 1. The molecule has 0 spiro atoms. The monoisotopic (exact) mass is 389 g/mol. The van der Waals surface area contributed by atoms with Gasteiger partial charge in [0, 0.05) is 22.8 Å². The second-order valence-corrected chi connectivity index (χ2v) is 6.30. The molecule has 0 aliphatic rings. The Labute approximate surface area is 156 Å². The van der Waals surface area contributed by atoms with E-state index in [9.17, 15) is 22.8 Å². The Balaban J connectivity index is 1.82. The maximum atomic E-state index is 13.0. The standard InChI is InChI=1S/C19H11F4N3S/c20-15-6-4-12(5-7-15)17-11-27-18(26-17)13(9-24)10-25-16-3-1-2-14(8-16)19(21,22)23/h1-8,10-11,25H/b13-10-. The summed E-state index contributed by atoms with van der Waals surface area (Å²) < 4.78 is 51.3. The lowest BCUT2D eigenvalue weighted by atomic mass is 10.2. The van der Waals surface area contributed by atoms with Crippen molar-refractivity contribution < 1.29 is 17.6 Å². The van der Waals surface area contributed by atoms with E-state index in [1.165, 1.54) is 41.8 Å². The topological polar surface area (TPSA) is 48.7 Å². The molecule has 3 aromatic rings. The third-order valence-electron chi connectivity index (χ3n) is 3.57. The molecule has 3 nitrogen and oxygen atoms in total. The van der Waals surface area contributed by atoms with Crippen LogP contribution >= 0.6 is 11.3 Å². The summed E-state index contributed by atoms with van der Waals surface area (Å²) in [6.45, 7) is 0. The quantitative estimate of drug-likeness (QED) is 0.443. The molecule has 136 valence electrons. The molecule has 0 atom stereocenters. The van der Waals surface area contributed by atoms with Crippen molar-refractivity contribution in [3.05, 3.63) is 76.5 Å². The number of hydrogen-bond acceptors (Lipinski definition) is 4. The van der Waals surface area contributed by atoms with Crippen LogP contribution in [-0.2, 0) is 6.18 Å². The molecule has 8 heteroatoms. The molecule has 0 amide bonds. The first-order valence-corrected chi connectivity index (χ1v) is 8.50. The Bertz CT molecular complexity index is 1010. The van der Waals surface area contributed by atoms with Crippen LogP contribution in [0.25, 0.3) is 16.8 Å². The van der Waals surface area contributed by atoms with Crippen LogP contribution in [-0.4, -0.2) is 4.98 Å². The van der Waals surface area contributed by atoms with E-state index in [4.69, 9.17) is 0 Å². The molecule has 0 bridgehead atoms. The molecule has 0 radical (unpaired) electrons. The van der Waals surface area contributed by atoms with Crippen molar-refractivity contribution in [2.24, 2.45) is 0 Å². The summed E-state index contributed by atoms with van der Waals surface area (Å²) >= 11 is 1.21. The number of anilines is 1. The van der Waals surface area contributed by atoms with E-state index in [0.717, 1.165) is 12.1 Å². The largest absolute Gasteiger partial charge is 0.416 e. The van der Waals surface area contributed by atoms with Crippen LogP contribution in [0.3, 0.4) is 0 Å². The third-order valence-corrected chi connectivity index (χ3v) is 4.44. The number of thiazole rings is 1. The third kappa shape index (κ3) is 4.51. The first kappa shape index (κ1) is 18.6. The lowest BCUT2D eigenvalue weighted by Crippen LogP contribution is -2.05. The molecule has 1 N–H and O–H groups in total. The van der Waals surface area contributed by atoms with Gasteiger partial charge in [0.25, 0.3) is 0 Å². The second kappa shape index (κ2) is 7.60. The highest BCUT2D eigenvalue weighted by Gasteiger charge is 2.30. The van der Waals surface area contributed by atoms with Crippen LogP contribution in [0.15, 0.2) is 60.1 Å². The molecule has 0 aliphatic carbocycles. The Morgan fingerprint density at radius 3 is 2.56 bits per heavy atom. The van der Waals surface area contributed by atoms with Crippen molar-refractivity contribution in [1.29, 1.82) is 5.26 Å². The van der Waals surface area contributed by atoms with E-state index in [2.05, 4.69) is 10.3 Å². The van der Waals surface area contributed by atoms with Crippen LogP contribution < -0.4 is 5.32 Å². The van der Waals surface area contributed by atoms with Crippen LogP contribution in [0.5, 0.6) is 0 Å². The smallest absolute Gasteiger partial charge is 0.360 e. The highest BCUT2D eigenvalue weighted by atomic mass is 32.1. The minimum atomic E-state index is -4.45. The molecular weight excluding hydrogens is 378 g/mol. The van der Waals surface area contributed by atoms with Gasteiger partial charge in [0.05, 0.1) is 11.3 Å². The molecule has 3 rings (SSSR count). The Hall–Kier alpha value is -3.18. The van der Waals surface area contributed by atoms with Gasteiger partial charge in [-0.3, -0.25) is 0 Å². The molecular formula is C19H11F4N3S. The summed E-state index contributed by atoms with van der Waals surface area (Å²) in [6.07, 6.45) is -3.14. The Morgan fingerprint density at radius 1 is 1.15 bits per heavy atom. The molecule has 2 aromatic carbocycles. The summed E-state index contributed by atoms with van der Waals surface area (Å²) in [5.41, 5.74) is 0.864. The van der Waals surface area contributed by atoms with E-state index < -0.39 is 11.7 Å². The molecule has 27 heavy (non-hydrogen) atoms. The van der Waals surface area contributed by atoms with Crippen LogP contribution in [0.2, 0.25) is 0 Å². The number of aromatic nitrogens is 1. The first-order valence-electron chi connectivity index (χ1n) is 7.63. The lowest BCUT2D eigenvalue weighted by Gasteiger charge is -2.08.